The Morgan fingerprint density at radius 2 is 1.62 bits per heavy atom. The average Bonchev–Trinajstić information content (AvgIpc) is 3.34. The fourth-order valence-electron chi connectivity index (χ4n) is 3.37. The molecule has 1 amide bonds. The summed E-state index contributed by atoms with van der Waals surface area (Å²) in [5, 5.41) is 6.91. The third kappa shape index (κ3) is 3.64. The summed E-state index contributed by atoms with van der Waals surface area (Å²) >= 11 is 0. The van der Waals surface area contributed by atoms with Crippen molar-refractivity contribution in [3.8, 4) is 33.9 Å². The van der Waals surface area contributed by atoms with E-state index in [1.807, 2.05) is 18.2 Å². The van der Waals surface area contributed by atoms with Crippen LogP contribution in [0.3, 0.4) is 0 Å². The number of alkyl halides is 2. The van der Waals surface area contributed by atoms with E-state index in [0.717, 1.165) is 4.68 Å². The monoisotopic (exact) mass is 437 g/mol. The highest BCUT2D eigenvalue weighted by molar-refractivity contribution is 5.93. The Balaban J connectivity index is 1.49. The van der Waals surface area contributed by atoms with Crippen molar-refractivity contribution >= 4 is 11.7 Å². The average molecular weight is 437 g/mol. The second kappa shape index (κ2) is 7.45. The summed E-state index contributed by atoms with van der Waals surface area (Å²) in [4.78, 5) is 12.8. The topological polar surface area (TPSA) is 65.4 Å². The second-order valence-corrected chi connectivity index (χ2v) is 6.94. The van der Waals surface area contributed by atoms with Crippen LogP contribution in [0.1, 0.15) is 0 Å². The first-order valence-electron chi connectivity index (χ1n) is 9.51. The van der Waals surface area contributed by atoms with Crippen LogP contribution in [0.2, 0.25) is 0 Å². The van der Waals surface area contributed by atoms with Crippen molar-refractivity contribution in [2.45, 2.75) is 6.29 Å². The van der Waals surface area contributed by atoms with Crippen LogP contribution < -0.4 is 14.8 Å². The van der Waals surface area contributed by atoms with E-state index >= 15 is 0 Å². The highest BCUT2D eigenvalue weighted by atomic mass is 19.3. The second-order valence-electron chi connectivity index (χ2n) is 6.94. The molecule has 1 N–H and O–H groups in total. The molecule has 32 heavy (non-hydrogen) atoms. The third-order valence-corrected chi connectivity index (χ3v) is 4.79. The molecule has 0 radical (unpaired) electrons. The first kappa shape index (κ1) is 19.7. The number of hydrogen-bond acceptors (Lipinski definition) is 4. The number of nitrogens with zero attached hydrogens (tertiary/aromatic N) is 2. The molecule has 0 unspecified atom stereocenters. The number of anilines is 1. The smallest absolute Gasteiger partial charge is 0.395 e. The van der Waals surface area contributed by atoms with Crippen LogP contribution in [0, 0.1) is 5.82 Å². The van der Waals surface area contributed by atoms with Crippen molar-refractivity contribution in [2.75, 3.05) is 5.32 Å². The fraction of sp³-hybridized carbons (Fsp3) is 0.0435. The zero-order valence-corrected chi connectivity index (χ0v) is 16.3. The lowest BCUT2D eigenvalue weighted by Crippen LogP contribution is -2.25. The van der Waals surface area contributed by atoms with E-state index < -0.39 is 18.1 Å². The molecule has 9 heteroatoms. The van der Waals surface area contributed by atoms with Crippen LogP contribution in [-0.4, -0.2) is 22.1 Å². The molecule has 0 spiro atoms. The summed E-state index contributed by atoms with van der Waals surface area (Å²) in [6.45, 7) is 0. The zero-order valence-electron chi connectivity index (χ0n) is 16.3. The number of halogens is 3. The summed E-state index contributed by atoms with van der Waals surface area (Å²) in [6.07, 6.45) is -2.34. The van der Waals surface area contributed by atoms with E-state index in [1.165, 1.54) is 30.5 Å². The van der Waals surface area contributed by atoms with Crippen LogP contribution in [-0.2, 0) is 0 Å². The number of carbonyl (C=O) groups excluding carboxylic acids is 1. The standard InChI is InChI=1S/C23H14F3N3O3/c24-18-9-5-4-8-16(18)17-13-29(28-21(17)14-6-2-1-3-7-14)22(30)27-15-10-11-19-20(12-15)32-23(25,26)31-19/h1-13H,(H,27,30). The van der Waals surface area contributed by atoms with Crippen LogP contribution in [0.15, 0.2) is 79.0 Å². The first-order valence-corrected chi connectivity index (χ1v) is 9.51. The van der Waals surface area contributed by atoms with Gasteiger partial charge in [0.05, 0.1) is 0 Å². The van der Waals surface area contributed by atoms with Gasteiger partial charge >= 0.3 is 12.3 Å². The van der Waals surface area contributed by atoms with Gasteiger partial charge in [-0.05, 0) is 18.2 Å². The molecule has 0 atom stereocenters. The number of benzene rings is 3. The van der Waals surface area contributed by atoms with E-state index in [-0.39, 0.29) is 22.7 Å². The largest absolute Gasteiger partial charge is 0.586 e. The summed E-state index contributed by atoms with van der Waals surface area (Å²) in [6, 6.07) is 18.4. The summed E-state index contributed by atoms with van der Waals surface area (Å²) < 4.78 is 50.7. The predicted molar refractivity (Wildman–Crippen MR) is 110 cm³/mol. The molecule has 2 heterocycles. The van der Waals surface area contributed by atoms with Gasteiger partial charge in [0.25, 0.3) is 0 Å². The maximum atomic E-state index is 14.5. The molecule has 0 saturated heterocycles. The van der Waals surface area contributed by atoms with Gasteiger partial charge in [-0.1, -0.05) is 48.5 Å². The Labute approximate surface area is 179 Å². The number of rotatable bonds is 3. The van der Waals surface area contributed by atoms with Crippen molar-refractivity contribution in [1.29, 1.82) is 0 Å². The number of fused-ring (bicyclic) bond motifs is 1. The van der Waals surface area contributed by atoms with E-state index in [2.05, 4.69) is 19.9 Å². The van der Waals surface area contributed by atoms with Gasteiger partial charge in [0.15, 0.2) is 11.5 Å². The van der Waals surface area contributed by atoms with Crippen molar-refractivity contribution < 1.29 is 27.4 Å². The van der Waals surface area contributed by atoms with Gasteiger partial charge in [-0.3, -0.25) is 0 Å². The number of amides is 1. The van der Waals surface area contributed by atoms with Crippen LogP contribution in [0.5, 0.6) is 11.5 Å². The quantitative estimate of drug-likeness (QED) is 0.443. The molecule has 0 fully saturated rings. The molecule has 5 rings (SSSR count). The highest BCUT2D eigenvalue weighted by Crippen LogP contribution is 2.42. The Bertz CT molecular complexity index is 1320. The van der Waals surface area contributed by atoms with E-state index in [1.54, 1.807) is 30.3 Å². The van der Waals surface area contributed by atoms with E-state index in [9.17, 15) is 18.0 Å². The molecule has 160 valence electrons. The van der Waals surface area contributed by atoms with Crippen molar-refractivity contribution in [3.63, 3.8) is 0 Å². The van der Waals surface area contributed by atoms with Gasteiger partial charge in [0.2, 0.25) is 0 Å². The van der Waals surface area contributed by atoms with Gasteiger partial charge in [-0.25, -0.2) is 9.18 Å². The van der Waals surface area contributed by atoms with E-state index in [4.69, 9.17) is 0 Å². The molecule has 1 aromatic heterocycles. The SMILES string of the molecule is O=C(Nc1ccc2c(c1)OC(F)(F)O2)n1cc(-c2ccccc2F)c(-c2ccccc2)n1. The number of aromatic nitrogens is 2. The van der Waals surface area contributed by atoms with Crippen molar-refractivity contribution in [2.24, 2.45) is 0 Å². The third-order valence-electron chi connectivity index (χ3n) is 4.79. The van der Waals surface area contributed by atoms with E-state index in [0.29, 0.717) is 16.8 Å². The van der Waals surface area contributed by atoms with Crippen molar-refractivity contribution in [1.82, 2.24) is 9.78 Å². The molecule has 0 saturated carbocycles. The minimum absolute atomic E-state index is 0.139. The maximum absolute atomic E-state index is 14.5. The molecule has 6 nitrogen and oxygen atoms in total. The molecule has 0 bridgehead atoms. The minimum atomic E-state index is -3.76. The summed E-state index contributed by atoms with van der Waals surface area (Å²) in [5.41, 5.74) is 2.02. The molecule has 1 aliphatic rings. The minimum Gasteiger partial charge on any atom is -0.395 e. The predicted octanol–water partition coefficient (Wildman–Crippen LogP) is 5.76. The molecule has 4 aromatic rings. The lowest BCUT2D eigenvalue weighted by molar-refractivity contribution is -0.286. The molecule has 3 aromatic carbocycles. The fourth-order valence-corrected chi connectivity index (χ4v) is 3.37. The Morgan fingerprint density at radius 3 is 2.41 bits per heavy atom. The van der Waals surface area contributed by atoms with Crippen molar-refractivity contribution in [3.05, 3.63) is 84.8 Å². The lowest BCUT2D eigenvalue weighted by Gasteiger charge is -2.05. The van der Waals surface area contributed by atoms with Crippen LogP contribution in [0.25, 0.3) is 22.4 Å². The molecule has 0 aliphatic carbocycles. The van der Waals surface area contributed by atoms with Crippen LogP contribution >= 0.6 is 0 Å². The molecule has 1 aliphatic heterocycles. The number of nitrogens with one attached hydrogen (secondary N) is 1. The van der Waals surface area contributed by atoms with Gasteiger partial charge in [-0.15, -0.1) is 8.78 Å². The normalized spacial score (nSPS) is 13.7. The van der Waals surface area contributed by atoms with Crippen LogP contribution in [0.4, 0.5) is 23.7 Å². The Kier molecular flexibility index (Phi) is 4.58. The van der Waals surface area contributed by atoms with Gasteiger partial charge in [-0.2, -0.15) is 9.78 Å². The Morgan fingerprint density at radius 1 is 0.906 bits per heavy atom. The van der Waals surface area contributed by atoms with Gasteiger partial charge in [0, 0.05) is 34.6 Å². The Hall–Kier alpha value is -4.27. The van der Waals surface area contributed by atoms with Gasteiger partial charge < -0.3 is 14.8 Å². The van der Waals surface area contributed by atoms with Gasteiger partial charge in [0.1, 0.15) is 11.5 Å². The maximum Gasteiger partial charge on any atom is 0.586 e. The molecular formula is C23H14F3N3O3. The first-order chi connectivity index (χ1) is 15.4. The number of ether oxygens (including phenoxy) is 2. The number of hydrogen-bond donors (Lipinski definition) is 1. The summed E-state index contributed by atoms with van der Waals surface area (Å²) in [7, 11) is 0. The highest BCUT2D eigenvalue weighted by Gasteiger charge is 2.43. The summed E-state index contributed by atoms with van der Waals surface area (Å²) in [5.74, 6) is -0.799. The number of carbonyl (C=O) groups is 1. The zero-order chi connectivity index (χ0) is 22.3. The lowest BCUT2D eigenvalue weighted by atomic mass is 10.0. The molecular weight excluding hydrogens is 423 g/mol.